The Morgan fingerprint density at radius 3 is 2.39 bits per heavy atom. The first-order chi connectivity index (χ1) is 19.3. The van der Waals surface area contributed by atoms with Gasteiger partial charge in [-0.25, -0.2) is 22.1 Å². The lowest BCUT2D eigenvalue weighted by Gasteiger charge is -2.34. The highest BCUT2D eigenvalue weighted by molar-refractivity contribution is 7.89. The standard InChI is InChI=1S/C27H34F3N5O5S/c1-17-14-21(35-22(36)16-31-25(35)38)7-6-19(17)8-13-41(39,40)34-11-9-26(10-12-34)24(37)32-23(33-26)20-4-2-18(3-5-20)15-27(28,29)30/h6-7,14,16,18,20,36H,2-5,8-13,15H2,1H3,(H,31,38)(H,32,33,37). The molecule has 0 atom stereocenters. The Morgan fingerprint density at radius 1 is 1.12 bits per heavy atom. The van der Waals surface area contributed by atoms with Gasteiger partial charge in [0.2, 0.25) is 15.9 Å². The summed E-state index contributed by atoms with van der Waals surface area (Å²) >= 11 is 0. The number of alkyl halides is 3. The van der Waals surface area contributed by atoms with Crippen LogP contribution in [0.5, 0.6) is 5.88 Å². The molecule has 1 amide bonds. The SMILES string of the molecule is Cc1cc(-n2c(O)c[nH]c2=O)ccc1CCS(=O)(=O)N1CCC2(CC1)N=C(C1CCC(CC(F)(F)F)CC1)NC2=O. The second-order valence-corrected chi connectivity index (χ2v) is 13.5. The van der Waals surface area contributed by atoms with Crippen molar-refractivity contribution in [1.82, 2.24) is 19.2 Å². The lowest BCUT2D eigenvalue weighted by molar-refractivity contribution is -0.146. The molecule has 5 rings (SSSR count). The molecular formula is C27H34F3N5O5S. The zero-order chi connectivity index (χ0) is 29.6. The van der Waals surface area contributed by atoms with Crippen LogP contribution in [0.15, 0.2) is 34.2 Å². The van der Waals surface area contributed by atoms with Crippen LogP contribution in [0, 0.1) is 18.8 Å². The number of carbonyl (C=O) groups excluding carboxylic acids is 1. The molecule has 1 aliphatic carbocycles. The maximum atomic E-state index is 13.2. The van der Waals surface area contributed by atoms with Gasteiger partial charge in [-0.05, 0) is 81.0 Å². The number of nitrogens with zero attached hydrogens (tertiary/aromatic N) is 3. The van der Waals surface area contributed by atoms with Crippen molar-refractivity contribution in [3.8, 4) is 11.6 Å². The molecule has 224 valence electrons. The van der Waals surface area contributed by atoms with Crippen LogP contribution in [0.25, 0.3) is 5.69 Å². The van der Waals surface area contributed by atoms with Crippen molar-refractivity contribution >= 4 is 21.8 Å². The number of halogens is 3. The molecule has 1 saturated heterocycles. The first kappa shape index (κ1) is 29.4. The van der Waals surface area contributed by atoms with Crippen LogP contribution >= 0.6 is 0 Å². The van der Waals surface area contributed by atoms with Crippen molar-refractivity contribution in [1.29, 1.82) is 0 Å². The van der Waals surface area contributed by atoms with Gasteiger partial charge in [0.1, 0.15) is 11.4 Å². The minimum Gasteiger partial charge on any atom is -0.493 e. The van der Waals surface area contributed by atoms with E-state index in [4.69, 9.17) is 4.99 Å². The first-order valence-corrected chi connectivity index (χ1v) is 15.4. The fourth-order valence-electron chi connectivity index (χ4n) is 6.25. The topological polar surface area (TPSA) is 137 Å². The Balaban J connectivity index is 1.17. The summed E-state index contributed by atoms with van der Waals surface area (Å²) in [7, 11) is -3.62. The summed E-state index contributed by atoms with van der Waals surface area (Å²) in [6.07, 6.45) is -1.06. The van der Waals surface area contributed by atoms with Gasteiger partial charge in [-0.2, -0.15) is 13.2 Å². The molecule has 2 aliphatic heterocycles. The number of aromatic hydroxyl groups is 1. The number of nitrogens with one attached hydrogen (secondary N) is 2. The minimum atomic E-state index is -4.17. The van der Waals surface area contributed by atoms with Crippen molar-refractivity contribution in [2.75, 3.05) is 18.8 Å². The summed E-state index contributed by atoms with van der Waals surface area (Å²) in [6.45, 7) is 2.11. The molecule has 1 aromatic carbocycles. The Hall–Kier alpha value is -3.13. The zero-order valence-corrected chi connectivity index (χ0v) is 23.5. The minimum absolute atomic E-state index is 0.0842. The van der Waals surface area contributed by atoms with Crippen molar-refractivity contribution in [2.45, 2.75) is 70.0 Å². The van der Waals surface area contributed by atoms with Crippen molar-refractivity contribution < 1.29 is 31.5 Å². The van der Waals surface area contributed by atoms with Crippen LogP contribution in [0.2, 0.25) is 0 Å². The molecule has 0 unspecified atom stereocenters. The normalized spacial score (nSPS) is 23.5. The number of amidine groups is 1. The molecule has 41 heavy (non-hydrogen) atoms. The predicted molar refractivity (Wildman–Crippen MR) is 146 cm³/mol. The van der Waals surface area contributed by atoms with E-state index in [0.717, 1.165) is 15.7 Å². The Kier molecular flexibility index (Phi) is 7.83. The number of benzene rings is 1. The number of H-pyrrole nitrogens is 1. The zero-order valence-electron chi connectivity index (χ0n) is 22.7. The molecule has 3 heterocycles. The molecule has 1 spiro atoms. The molecule has 1 aromatic heterocycles. The molecule has 0 radical (unpaired) electrons. The van der Waals surface area contributed by atoms with E-state index in [1.165, 1.54) is 10.5 Å². The van der Waals surface area contributed by atoms with Gasteiger partial charge >= 0.3 is 11.9 Å². The number of hydrogen-bond acceptors (Lipinski definition) is 6. The molecular weight excluding hydrogens is 563 g/mol. The van der Waals surface area contributed by atoms with Crippen LogP contribution in [-0.2, 0) is 21.2 Å². The largest absolute Gasteiger partial charge is 0.493 e. The number of imidazole rings is 1. The van der Waals surface area contributed by atoms with E-state index in [2.05, 4.69) is 10.3 Å². The van der Waals surface area contributed by atoms with E-state index in [0.29, 0.717) is 37.2 Å². The predicted octanol–water partition coefficient (Wildman–Crippen LogP) is 3.17. The Bertz CT molecular complexity index is 1500. The monoisotopic (exact) mass is 597 g/mol. The number of hydrogen-bond donors (Lipinski definition) is 3. The number of aliphatic imine (C=N–C) groups is 1. The number of aryl methyl sites for hydroxylation is 2. The van der Waals surface area contributed by atoms with E-state index in [-0.39, 0.29) is 55.8 Å². The van der Waals surface area contributed by atoms with Gasteiger partial charge in [0.15, 0.2) is 0 Å². The second-order valence-electron chi connectivity index (χ2n) is 11.4. The second kappa shape index (κ2) is 10.9. The molecule has 10 nitrogen and oxygen atoms in total. The maximum absolute atomic E-state index is 13.2. The number of aromatic amines is 1. The number of carbonyl (C=O) groups is 1. The molecule has 0 bridgehead atoms. The van der Waals surface area contributed by atoms with Gasteiger partial charge in [0.25, 0.3) is 5.91 Å². The van der Waals surface area contributed by atoms with Crippen molar-refractivity contribution in [3.63, 3.8) is 0 Å². The van der Waals surface area contributed by atoms with E-state index in [1.54, 1.807) is 18.2 Å². The summed E-state index contributed by atoms with van der Waals surface area (Å²) in [4.78, 5) is 32.0. The number of sulfonamides is 1. The highest BCUT2D eigenvalue weighted by Crippen LogP contribution is 2.39. The number of aromatic nitrogens is 2. The smallest absolute Gasteiger partial charge is 0.389 e. The van der Waals surface area contributed by atoms with Crippen LogP contribution < -0.4 is 11.0 Å². The molecule has 2 fully saturated rings. The first-order valence-electron chi connectivity index (χ1n) is 13.8. The van der Waals surface area contributed by atoms with Gasteiger partial charge in [-0.1, -0.05) is 6.07 Å². The van der Waals surface area contributed by atoms with Crippen molar-refractivity contribution in [3.05, 3.63) is 46.0 Å². The third kappa shape index (κ3) is 6.22. The molecule has 3 N–H and O–H groups in total. The Morgan fingerprint density at radius 2 is 1.80 bits per heavy atom. The van der Waals surface area contributed by atoms with Crippen LogP contribution in [0.1, 0.15) is 56.1 Å². The van der Waals surface area contributed by atoms with Crippen molar-refractivity contribution in [2.24, 2.45) is 16.8 Å². The van der Waals surface area contributed by atoms with Gasteiger partial charge < -0.3 is 15.4 Å². The fraction of sp³-hybridized carbons (Fsp3) is 0.593. The summed E-state index contributed by atoms with van der Waals surface area (Å²) in [5, 5.41) is 12.8. The third-order valence-corrected chi connectivity index (χ3v) is 10.5. The summed E-state index contributed by atoms with van der Waals surface area (Å²) in [5.74, 6) is -0.564. The third-order valence-electron chi connectivity index (χ3n) is 8.67. The summed E-state index contributed by atoms with van der Waals surface area (Å²) in [6, 6.07) is 5.09. The summed E-state index contributed by atoms with van der Waals surface area (Å²) in [5.41, 5.74) is 0.519. The molecule has 3 aliphatic rings. The number of amides is 1. The number of piperidine rings is 1. The highest BCUT2D eigenvalue weighted by Gasteiger charge is 2.48. The molecule has 1 saturated carbocycles. The van der Waals surface area contributed by atoms with Gasteiger partial charge in [-0.15, -0.1) is 0 Å². The summed E-state index contributed by atoms with van der Waals surface area (Å²) < 4.78 is 67.0. The quantitative estimate of drug-likeness (QED) is 0.451. The Labute approximate surface area is 235 Å². The van der Waals surface area contributed by atoms with Crippen LogP contribution in [-0.4, -0.2) is 69.7 Å². The highest BCUT2D eigenvalue weighted by atomic mass is 32.2. The molecule has 2 aromatic rings. The average Bonchev–Trinajstić information content (AvgIpc) is 3.40. The van der Waals surface area contributed by atoms with E-state index >= 15 is 0 Å². The van der Waals surface area contributed by atoms with E-state index < -0.39 is 39.8 Å². The van der Waals surface area contributed by atoms with Crippen LogP contribution in [0.3, 0.4) is 0 Å². The van der Waals surface area contributed by atoms with Gasteiger partial charge in [0.05, 0.1) is 17.6 Å². The maximum Gasteiger partial charge on any atom is 0.389 e. The van der Waals surface area contributed by atoms with E-state index in [1.807, 2.05) is 6.92 Å². The van der Waals surface area contributed by atoms with Gasteiger partial charge in [-0.3, -0.25) is 9.79 Å². The lowest BCUT2D eigenvalue weighted by atomic mass is 9.80. The fourth-order valence-corrected chi connectivity index (χ4v) is 7.73. The average molecular weight is 598 g/mol. The van der Waals surface area contributed by atoms with Crippen LogP contribution in [0.4, 0.5) is 13.2 Å². The number of rotatable bonds is 7. The lowest BCUT2D eigenvalue weighted by Crippen LogP contribution is -2.51. The molecule has 14 heteroatoms. The van der Waals surface area contributed by atoms with Gasteiger partial charge in [0, 0.05) is 25.4 Å². The van der Waals surface area contributed by atoms with E-state index in [9.17, 15) is 36.3 Å².